The number of hydrogen-bond donors (Lipinski definition) is 3. The number of carbonyl (C=O) groups is 4. The highest BCUT2D eigenvalue weighted by molar-refractivity contribution is 6.30. The van der Waals surface area contributed by atoms with Crippen molar-refractivity contribution in [2.75, 3.05) is 13.2 Å². The molecule has 0 saturated carbocycles. The highest BCUT2D eigenvalue weighted by atomic mass is 35.5. The first-order valence-electron chi connectivity index (χ1n) is 13.3. The van der Waals surface area contributed by atoms with Crippen molar-refractivity contribution in [3.63, 3.8) is 0 Å². The summed E-state index contributed by atoms with van der Waals surface area (Å²) in [5, 5.41) is 22.0. The molecule has 1 amide bonds. The summed E-state index contributed by atoms with van der Waals surface area (Å²) in [7, 11) is 0. The summed E-state index contributed by atoms with van der Waals surface area (Å²) in [4.78, 5) is 51.0. The van der Waals surface area contributed by atoms with Gasteiger partial charge in [-0.15, -0.1) is 10.0 Å². The zero-order chi connectivity index (χ0) is 30.1. The minimum absolute atomic E-state index is 0.0769. The van der Waals surface area contributed by atoms with Gasteiger partial charge in [-0.25, -0.2) is 4.79 Å². The minimum Gasteiger partial charge on any atom is -0.481 e. The Morgan fingerprint density at radius 3 is 2.37 bits per heavy atom. The maximum atomic E-state index is 14.2. The summed E-state index contributed by atoms with van der Waals surface area (Å²) >= 11 is 6.50. The Bertz CT molecular complexity index is 1510. The number of Topliss-reactive ketones (excluding diaryl/α,β-unsaturated/α-hetero) is 1. The summed E-state index contributed by atoms with van der Waals surface area (Å²) < 4.78 is 5.62. The third kappa shape index (κ3) is 6.33. The van der Waals surface area contributed by atoms with E-state index in [-0.39, 0.29) is 13.2 Å². The molecule has 0 radical (unpaired) electrons. The maximum Gasteiger partial charge on any atom is 0.363 e. The van der Waals surface area contributed by atoms with Crippen LogP contribution in [0, 0.1) is 11.3 Å². The van der Waals surface area contributed by atoms with Crippen LogP contribution in [-0.4, -0.2) is 53.0 Å². The second-order valence-corrected chi connectivity index (χ2v) is 12.1. The van der Waals surface area contributed by atoms with Crippen LogP contribution in [-0.2, 0) is 23.9 Å². The van der Waals surface area contributed by atoms with Gasteiger partial charge in [0.2, 0.25) is 0 Å². The Kier molecular flexibility index (Phi) is 8.65. The topological polar surface area (TPSA) is 130 Å². The van der Waals surface area contributed by atoms with Crippen LogP contribution in [0.2, 0.25) is 5.02 Å². The molecule has 1 aliphatic rings. The molecule has 0 aromatic heterocycles. The summed E-state index contributed by atoms with van der Waals surface area (Å²) in [6, 6.07) is 16.9. The average molecular weight is 582 g/mol. The molecule has 10 heteroatoms. The second kappa shape index (κ2) is 11.7. The van der Waals surface area contributed by atoms with Gasteiger partial charge in [-0.1, -0.05) is 74.8 Å². The number of carboxylic acid groups (broad SMARTS) is 2. The number of carbonyl (C=O) groups excluding carboxylic acids is 2. The molecular formula is C31H34ClN2O7+. The Labute approximate surface area is 243 Å². The number of aliphatic carboxylic acids is 2. The average Bonchev–Trinajstić information content (AvgIpc) is 2.99. The van der Waals surface area contributed by atoms with Gasteiger partial charge in [-0.3, -0.25) is 14.4 Å². The molecular weight excluding hydrogens is 548 g/mol. The van der Waals surface area contributed by atoms with Gasteiger partial charge in [-0.2, -0.15) is 0 Å². The van der Waals surface area contributed by atoms with E-state index in [1.54, 1.807) is 18.2 Å². The van der Waals surface area contributed by atoms with Crippen LogP contribution >= 0.6 is 11.6 Å². The second-order valence-electron chi connectivity index (χ2n) is 11.6. The standard InChI is InChI=1S/C31H33ClN2O7/c1-18(35)23(15-27(37)38)28(30(39)40)33-34(17-31(2,3)4)25-13-12-20(32)14-24(25)29(41-16-26(34)36)22-11-7-9-19-8-5-6-10-21(19)22/h5-14,23,28-29,33H,15-17H2,1-4H3,(H-,37,38,39,40)/p+1/t23?,28-,29+,34-/m0/s1. The van der Waals surface area contributed by atoms with Crippen LogP contribution in [0.15, 0.2) is 60.7 Å². The molecule has 3 aromatic rings. The van der Waals surface area contributed by atoms with Crippen molar-refractivity contribution >= 4 is 51.7 Å². The number of benzene rings is 3. The van der Waals surface area contributed by atoms with Gasteiger partial charge in [0.05, 0.1) is 17.9 Å². The lowest BCUT2D eigenvalue weighted by Gasteiger charge is -2.41. The third-order valence-electron chi connectivity index (χ3n) is 7.24. The third-order valence-corrected chi connectivity index (χ3v) is 7.48. The normalized spacial score (nSPS) is 20.6. The van der Waals surface area contributed by atoms with Gasteiger partial charge >= 0.3 is 17.8 Å². The van der Waals surface area contributed by atoms with Gasteiger partial charge in [0.1, 0.15) is 18.4 Å². The predicted molar refractivity (Wildman–Crippen MR) is 155 cm³/mol. The van der Waals surface area contributed by atoms with Crippen LogP contribution in [0.5, 0.6) is 0 Å². The van der Waals surface area contributed by atoms with E-state index in [2.05, 4.69) is 5.43 Å². The van der Waals surface area contributed by atoms with Crippen molar-refractivity contribution in [1.82, 2.24) is 10.0 Å². The number of nitrogens with zero attached hydrogens (tertiary/aromatic N) is 1. The molecule has 1 aliphatic heterocycles. The van der Waals surface area contributed by atoms with E-state index >= 15 is 0 Å². The molecule has 41 heavy (non-hydrogen) atoms. The number of halogens is 1. The van der Waals surface area contributed by atoms with Crippen LogP contribution in [0.1, 0.15) is 51.3 Å². The highest BCUT2D eigenvalue weighted by Crippen LogP contribution is 2.43. The van der Waals surface area contributed by atoms with Gasteiger partial charge in [0, 0.05) is 16.5 Å². The lowest BCUT2D eigenvalue weighted by molar-refractivity contribution is -0.152. The zero-order valence-electron chi connectivity index (χ0n) is 23.4. The quantitative estimate of drug-likeness (QED) is 0.297. The van der Waals surface area contributed by atoms with Gasteiger partial charge in [-0.05, 0) is 35.4 Å². The number of rotatable bonds is 9. The Morgan fingerprint density at radius 2 is 1.73 bits per heavy atom. The number of amides is 1. The van der Waals surface area contributed by atoms with Crippen molar-refractivity contribution in [2.24, 2.45) is 11.3 Å². The molecule has 3 N–H and O–H groups in total. The first-order chi connectivity index (χ1) is 19.2. The summed E-state index contributed by atoms with van der Waals surface area (Å²) in [5.74, 6) is -5.31. The number of ether oxygens (including phenoxy) is 1. The lowest BCUT2D eigenvalue weighted by atomic mass is 9.90. The molecule has 216 valence electrons. The number of carboxylic acids is 2. The van der Waals surface area contributed by atoms with E-state index in [4.69, 9.17) is 16.3 Å². The monoisotopic (exact) mass is 581 g/mol. The SMILES string of the molecule is CC(=O)C(CC(=O)O)[C@H](N[N@+]1(CC(C)(C)C)C(=O)CO[C@H](c2cccc3ccccc23)c2cc(Cl)ccc21)C(=O)O. The van der Waals surface area contributed by atoms with E-state index in [9.17, 15) is 29.4 Å². The van der Waals surface area contributed by atoms with E-state index in [0.717, 1.165) is 23.3 Å². The minimum atomic E-state index is -1.69. The molecule has 0 spiro atoms. The van der Waals surface area contributed by atoms with E-state index < -0.39 is 58.1 Å². The molecule has 1 unspecified atom stereocenters. The zero-order valence-corrected chi connectivity index (χ0v) is 24.1. The number of ketones is 1. The molecule has 1 heterocycles. The highest BCUT2D eigenvalue weighted by Gasteiger charge is 2.52. The number of hydrogen-bond acceptors (Lipinski definition) is 6. The molecule has 0 saturated heterocycles. The summed E-state index contributed by atoms with van der Waals surface area (Å²) in [6.45, 7) is 6.55. The van der Waals surface area contributed by atoms with Crippen LogP contribution in [0.4, 0.5) is 5.69 Å². The van der Waals surface area contributed by atoms with E-state index in [0.29, 0.717) is 16.3 Å². The molecule has 0 bridgehead atoms. The Morgan fingerprint density at radius 1 is 1.05 bits per heavy atom. The van der Waals surface area contributed by atoms with E-state index in [1.165, 1.54) is 0 Å². The smallest absolute Gasteiger partial charge is 0.363 e. The van der Waals surface area contributed by atoms with Crippen molar-refractivity contribution in [3.8, 4) is 0 Å². The lowest BCUT2D eigenvalue weighted by Crippen LogP contribution is -2.72. The summed E-state index contributed by atoms with van der Waals surface area (Å²) in [5.41, 5.74) is 4.19. The van der Waals surface area contributed by atoms with Crippen LogP contribution in [0.3, 0.4) is 0 Å². The number of quaternary nitrogens is 1. The fraction of sp³-hybridized carbons (Fsp3) is 0.355. The first kappa shape index (κ1) is 30.3. The number of fused-ring (bicyclic) bond motifs is 2. The fourth-order valence-electron chi connectivity index (χ4n) is 5.62. The van der Waals surface area contributed by atoms with Crippen LogP contribution in [0.25, 0.3) is 10.8 Å². The Hall–Kier alpha value is -3.63. The number of nitrogens with one attached hydrogen (secondary N) is 1. The van der Waals surface area contributed by atoms with Gasteiger partial charge < -0.3 is 14.9 Å². The molecule has 4 rings (SSSR count). The van der Waals surface area contributed by atoms with Crippen LogP contribution < -0.4 is 10.0 Å². The molecule has 0 fully saturated rings. The van der Waals surface area contributed by atoms with Crippen molar-refractivity contribution in [1.29, 1.82) is 0 Å². The molecule has 3 aromatic carbocycles. The largest absolute Gasteiger partial charge is 0.481 e. The van der Waals surface area contributed by atoms with E-state index in [1.807, 2.05) is 63.2 Å². The first-order valence-corrected chi connectivity index (χ1v) is 13.6. The Balaban J connectivity index is 1.99. The molecule has 9 nitrogen and oxygen atoms in total. The van der Waals surface area contributed by atoms with Crippen molar-refractivity contribution < 1.29 is 34.1 Å². The molecule has 4 atom stereocenters. The molecule has 0 aliphatic carbocycles. The maximum absolute atomic E-state index is 14.2. The van der Waals surface area contributed by atoms with Crippen molar-refractivity contribution in [2.45, 2.75) is 46.3 Å². The fourth-order valence-corrected chi connectivity index (χ4v) is 5.80. The summed E-state index contributed by atoms with van der Waals surface area (Å²) in [6.07, 6.45) is -1.45. The van der Waals surface area contributed by atoms with Crippen molar-refractivity contribution in [3.05, 3.63) is 76.8 Å². The van der Waals surface area contributed by atoms with Gasteiger partial charge in [0.25, 0.3) is 0 Å². The van der Waals surface area contributed by atoms with Gasteiger partial charge in [0.15, 0.2) is 18.3 Å². The predicted octanol–water partition coefficient (Wildman–Crippen LogP) is 5.13.